The van der Waals surface area contributed by atoms with Crippen molar-refractivity contribution in [2.45, 2.75) is 91.2 Å². The highest BCUT2D eigenvalue weighted by Gasteiger charge is 2.34. The van der Waals surface area contributed by atoms with Gasteiger partial charge in [0.05, 0.1) is 2.74 Å². The van der Waals surface area contributed by atoms with E-state index in [1.165, 1.54) is 29.5 Å². The highest BCUT2D eigenvalue weighted by Crippen LogP contribution is 2.49. The van der Waals surface area contributed by atoms with Crippen LogP contribution in [-0.2, 0) is 6.42 Å². The van der Waals surface area contributed by atoms with Gasteiger partial charge in [-0.25, -0.2) is 0 Å². The van der Waals surface area contributed by atoms with Crippen molar-refractivity contribution in [2.75, 3.05) is 13.1 Å². The molecular weight excluding hydrogens is 454 g/mol. The van der Waals surface area contributed by atoms with Crippen molar-refractivity contribution in [1.29, 1.82) is 0 Å². The van der Waals surface area contributed by atoms with Crippen LogP contribution in [0.1, 0.15) is 92.2 Å². The number of benzene rings is 3. The summed E-state index contributed by atoms with van der Waals surface area (Å²) >= 11 is 0. The molecule has 2 aliphatic rings. The lowest BCUT2D eigenvalue weighted by Gasteiger charge is -2.37. The Morgan fingerprint density at radius 2 is 1.78 bits per heavy atom. The minimum absolute atomic E-state index is 0.0567. The predicted molar refractivity (Wildman–Crippen MR) is 153 cm³/mol. The highest BCUT2D eigenvalue weighted by molar-refractivity contribution is 5.55. The first-order valence-electron chi connectivity index (χ1n) is 15.0. The first-order chi connectivity index (χ1) is 18.6. The first-order valence-corrected chi connectivity index (χ1v) is 14.0. The average molecular weight is 500 g/mol. The molecule has 0 radical (unpaired) electrons. The molecule has 3 heteroatoms. The number of phenolic OH excluding ortho intramolecular Hbond substituents is 1. The molecule has 4 atom stereocenters. The minimum atomic E-state index is -0.0682. The molecule has 0 amide bonds. The van der Waals surface area contributed by atoms with E-state index in [0.717, 1.165) is 53.7 Å². The Hall–Kier alpha value is -2.78. The zero-order valence-electron chi connectivity index (χ0n) is 25.3. The summed E-state index contributed by atoms with van der Waals surface area (Å²) < 4.78 is 24.9. The van der Waals surface area contributed by atoms with E-state index in [1.807, 2.05) is 19.9 Å². The third-order valence-corrected chi connectivity index (χ3v) is 8.94. The summed E-state index contributed by atoms with van der Waals surface area (Å²) in [6.07, 6.45) is 4.20. The van der Waals surface area contributed by atoms with E-state index in [4.69, 9.17) is 6.11 Å². The average Bonchev–Trinajstić information content (AvgIpc) is 3.31. The van der Waals surface area contributed by atoms with E-state index in [9.17, 15) is 6.48 Å². The van der Waals surface area contributed by atoms with Gasteiger partial charge in [0.1, 0.15) is 17.6 Å². The second kappa shape index (κ2) is 10.5. The topological polar surface area (TPSA) is 32.7 Å². The van der Waals surface area contributed by atoms with Crippen LogP contribution in [0, 0.1) is 27.7 Å². The van der Waals surface area contributed by atoms with Crippen molar-refractivity contribution in [3.05, 3.63) is 93.0 Å². The van der Waals surface area contributed by atoms with Gasteiger partial charge in [-0.05, 0) is 136 Å². The standard InChI is InChI=1S/C34H43NO2/c1-21-10-7-8-12-28(21)30-14-13-27-19-32(36)22(2)18-31(27)34(30)29-15-16-33(26(6)25(29)5)37-24(4)20-35-17-9-11-23(35)3/h7-8,10,12,15-16,18-19,23-24,30,34,36H,9,11,13-14,17,20H2,1-6H3/t23?,24?,30-,34+/m1/s1/i15D,16D. The molecule has 1 heterocycles. The molecule has 3 aromatic carbocycles. The van der Waals surface area contributed by atoms with Gasteiger partial charge < -0.3 is 9.84 Å². The molecule has 0 saturated carbocycles. The molecule has 1 aliphatic heterocycles. The number of hydrogen-bond acceptors (Lipinski definition) is 3. The van der Waals surface area contributed by atoms with Gasteiger partial charge in [0.15, 0.2) is 0 Å². The maximum absolute atomic E-state index is 10.5. The Balaban J connectivity index is 1.61. The molecule has 37 heavy (non-hydrogen) atoms. The summed E-state index contributed by atoms with van der Waals surface area (Å²) in [5.41, 5.74) is 8.63. The van der Waals surface area contributed by atoms with Crippen LogP contribution in [-0.4, -0.2) is 35.2 Å². The Kier molecular flexibility index (Phi) is 6.65. The zero-order chi connectivity index (χ0) is 28.0. The normalized spacial score (nSPS) is 23.4. The number of aryl methyl sites for hydroxylation is 3. The minimum Gasteiger partial charge on any atom is -0.508 e. The van der Waals surface area contributed by atoms with Crippen molar-refractivity contribution in [1.82, 2.24) is 4.90 Å². The molecule has 3 aromatic rings. The van der Waals surface area contributed by atoms with Crippen LogP contribution in [0.4, 0.5) is 0 Å². The summed E-state index contributed by atoms with van der Waals surface area (Å²) in [7, 11) is 0. The summed E-state index contributed by atoms with van der Waals surface area (Å²) in [5.74, 6) is 0.992. The fraction of sp³-hybridized carbons (Fsp3) is 0.471. The number of ether oxygens (including phenoxy) is 1. The number of aromatic hydroxyl groups is 1. The Bertz CT molecular complexity index is 1360. The van der Waals surface area contributed by atoms with Gasteiger partial charge in [-0.3, -0.25) is 4.90 Å². The molecule has 1 fully saturated rings. The highest BCUT2D eigenvalue weighted by atomic mass is 16.5. The van der Waals surface area contributed by atoms with E-state index < -0.39 is 0 Å². The lowest BCUT2D eigenvalue weighted by Crippen LogP contribution is -2.36. The van der Waals surface area contributed by atoms with Crippen LogP contribution in [0.25, 0.3) is 0 Å². The predicted octanol–water partition coefficient (Wildman–Crippen LogP) is 7.74. The number of hydrogen-bond donors (Lipinski definition) is 1. The molecule has 1 aliphatic carbocycles. The van der Waals surface area contributed by atoms with Crippen LogP contribution in [0.3, 0.4) is 0 Å². The fourth-order valence-corrected chi connectivity index (χ4v) is 6.60. The second-order valence-electron chi connectivity index (χ2n) is 11.5. The summed E-state index contributed by atoms with van der Waals surface area (Å²) in [6, 6.07) is 13.6. The van der Waals surface area contributed by atoms with E-state index in [2.05, 4.69) is 62.9 Å². The molecule has 196 valence electrons. The maximum atomic E-state index is 10.5. The van der Waals surface area contributed by atoms with Crippen molar-refractivity contribution < 1.29 is 12.6 Å². The van der Waals surface area contributed by atoms with Gasteiger partial charge >= 0.3 is 0 Å². The number of phenols is 1. The van der Waals surface area contributed by atoms with Gasteiger partial charge in [0.25, 0.3) is 0 Å². The van der Waals surface area contributed by atoms with Gasteiger partial charge in [0.2, 0.25) is 0 Å². The molecule has 3 nitrogen and oxygen atoms in total. The zero-order valence-corrected chi connectivity index (χ0v) is 23.3. The quantitative estimate of drug-likeness (QED) is 0.376. The van der Waals surface area contributed by atoms with Gasteiger partial charge in [0, 0.05) is 18.5 Å². The number of nitrogens with zero attached hydrogens (tertiary/aromatic N) is 1. The smallest absolute Gasteiger partial charge is 0.122 e. The Labute approximate surface area is 226 Å². The number of rotatable bonds is 6. The monoisotopic (exact) mass is 499 g/mol. The first kappa shape index (κ1) is 23.3. The summed E-state index contributed by atoms with van der Waals surface area (Å²) in [5, 5.41) is 10.5. The third-order valence-electron chi connectivity index (χ3n) is 8.94. The van der Waals surface area contributed by atoms with E-state index in [0.29, 0.717) is 17.5 Å². The Morgan fingerprint density at radius 3 is 2.51 bits per heavy atom. The lowest BCUT2D eigenvalue weighted by molar-refractivity contribution is 0.141. The largest absolute Gasteiger partial charge is 0.508 e. The van der Waals surface area contributed by atoms with Crippen LogP contribution in [0.5, 0.6) is 11.5 Å². The molecule has 1 N–H and O–H groups in total. The SMILES string of the molecule is [2H]c1c([2H])c([C@@H]2c3cc(C)c(O)cc3CC[C@@H]2c2ccccc2C)c(C)c(C)c1OC(C)CN1CCCC1C. The van der Waals surface area contributed by atoms with Crippen molar-refractivity contribution in [3.8, 4) is 11.5 Å². The van der Waals surface area contributed by atoms with Crippen LogP contribution in [0.2, 0.25) is 0 Å². The summed E-state index contributed by atoms with van der Waals surface area (Å²) in [6.45, 7) is 14.5. The number of likely N-dealkylation sites (tertiary alicyclic amines) is 1. The summed E-state index contributed by atoms with van der Waals surface area (Å²) in [4.78, 5) is 2.47. The van der Waals surface area contributed by atoms with Crippen LogP contribution in [0.15, 0.2) is 48.5 Å². The molecule has 2 unspecified atom stereocenters. The van der Waals surface area contributed by atoms with Gasteiger partial charge in [-0.1, -0.05) is 36.4 Å². The number of fused-ring (bicyclic) bond motifs is 1. The maximum Gasteiger partial charge on any atom is 0.122 e. The van der Waals surface area contributed by atoms with E-state index in [1.54, 1.807) is 0 Å². The van der Waals surface area contributed by atoms with Gasteiger partial charge in [-0.15, -0.1) is 0 Å². The fourth-order valence-electron chi connectivity index (χ4n) is 6.60. The molecule has 0 bridgehead atoms. The van der Waals surface area contributed by atoms with E-state index >= 15 is 0 Å². The third kappa shape index (κ3) is 5.03. The van der Waals surface area contributed by atoms with Gasteiger partial charge in [-0.2, -0.15) is 0 Å². The molecule has 1 saturated heterocycles. The molecule has 0 spiro atoms. The van der Waals surface area contributed by atoms with E-state index in [-0.39, 0.29) is 30.0 Å². The lowest BCUT2D eigenvalue weighted by atomic mass is 9.67. The van der Waals surface area contributed by atoms with Crippen molar-refractivity contribution in [3.63, 3.8) is 0 Å². The second-order valence-corrected chi connectivity index (χ2v) is 11.5. The van der Waals surface area contributed by atoms with Crippen LogP contribution < -0.4 is 4.74 Å². The molecule has 0 aromatic heterocycles. The molecule has 5 rings (SSSR count). The van der Waals surface area contributed by atoms with Crippen molar-refractivity contribution >= 4 is 0 Å². The van der Waals surface area contributed by atoms with Crippen molar-refractivity contribution in [2.24, 2.45) is 0 Å². The Morgan fingerprint density at radius 1 is 1.00 bits per heavy atom. The molecular formula is C34H43NO2. The van der Waals surface area contributed by atoms with Crippen LogP contribution >= 0.6 is 0 Å².